The van der Waals surface area contributed by atoms with Gasteiger partial charge in [-0.1, -0.05) is 20.3 Å². The monoisotopic (exact) mass is 210 g/mol. The molecule has 1 aliphatic carbocycles. The van der Waals surface area contributed by atoms with E-state index in [-0.39, 0.29) is 0 Å². The minimum Gasteiger partial charge on any atom is -0.313 e. The zero-order chi connectivity index (χ0) is 10.7. The van der Waals surface area contributed by atoms with Gasteiger partial charge >= 0.3 is 0 Å². The molecule has 0 aromatic rings. The molecule has 1 N–H and O–H groups in total. The van der Waals surface area contributed by atoms with Crippen molar-refractivity contribution in [2.24, 2.45) is 5.92 Å². The first-order valence-corrected chi connectivity index (χ1v) is 6.78. The van der Waals surface area contributed by atoms with Crippen LogP contribution in [0.4, 0.5) is 0 Å². The van der Waals surface area contributed by atoms with Crippen molar-refractivity contribution >= 4 is 0 Å². The van der Waals surface area contributed by atoms with Crippen LogP contribution in [0.3, 0.4) is 0 Å². The smallest absolute Gasteiger partial charge is 0.0121 e. The van der Waals surface area contributed by atoms with Gasteiger partial charge in [-0.15, -0.1) is 0 Å². The molecule has 2 rings (SSSR count). The van der Waals surface area contributed by atoms with Gasteiger partial charge in [0.05, 0.1) is 0 Å². The van der Waals surface area contributed by atoms with Gasteiger partial charge in [0.15, 0.2) is 0 Å². The molecule has 3 unspecified atom stereocenters. The lowest BCUT2D eigenvalue weighted by atomic mass is 10.0. The normalized spacial score (nSPS) is 39.2. The first-order chi connectivity index (χ1) is 7.31. The van der Waals surface area contributed by atoms with E-state index in [9.17, 15) is 0 Å². The summed E-state index contributed by atoms with van der Waals surface area (Å²) in [6, 6.07) is 1.66. The van der Waals surface area contributed by atoms with Crippen LogP contribution >= 0.6 is 0 Å². The summed E-state index contributed by atoms with van der Waals surface area (Å²) in [5, 5.41) is 3.66. The van der Waals surface area contributed by atoms with Crippen LogP contribution in [0.2, 0.25) is 0 Å². The average molecular weight is 210 g/mol. The highest BCUT2D eigenvalue weighted by atomic mass is 15.2. The predicted molar refractivity (Wildman–Crippen MR) is 65.1 cm³/mol. The molecule has 1 heterocycles. The quantitative estimate of drug-likeness (QED) is 0.752. The van der Waals surface area contributed by atoms with E-state index < -0.39 is 0 Å². The molecule has 1 saturated heterocycles. The largest absolute Gasteiger partial charge is 0.313 e. The van der Waals surface area contributed by atoms with Crippen molar-refractivity contribution in [1.29, 1.82) is 0 Å². The van der Waals surface area contributed by atoms with Crippen LogP contribution in [-0.4, -0.2) is 36.6 Å². The minimum absolute atomic E-state index is 0.770. The number of hydrogen-bond acceptors (Lipinski definition) is 2. The Morgan fingerprint density at radius 3 is 2.73 bits per heavy atom. The van der Waals surface area contributed by atoms with Gasteiger partial charge < -0.3 is 5.32 Å². The van der Waals surface area contributed by atoms with Crippen LogP contribution in [0.15, 0.2) is 0 Å². The van der Waals surface area contributed by atoms with E-state index in [1.165, 1.54) is 51.7 Å². The summed E-state index contributed by atoms with van der Waals surface area (Å²) in [5.41, 5.74) is 0. The van der Waals surface area contributed by atoms with Crippen molar-refractivity contribution in [1.82, 2.24) is 10.2 Å². The summed E-state index contributed by atoms with van der Waals surface area (Å²) in [6.45, 7) is 8.52. The van der Waals surface area contributed by atoms with Gasteiger partial charge in [0.25, 0.3) is 0 Å². The topological polar surface area (TPSA) is 15.3 Å². The molecule has 0 radical (unpaired) electrons. The Hall–Kier alpha value is -0.0800. The van der Waals surface area contributed by atoms with Crippen molar-refractivity contribution in [3.63, 3.8) is 0 Å². The zero-order valence-corrected chi connectivity index (χ0v) is 10.3. The van der Waals surface area contributed by atoms with Crippen molar-refractivity contribution in [2.75, 3.05) is 19.6 Å². The Kier molecular flexibility index (Phi) is 4.04. The van der Waals surface area contributed by atoms with Crippen LogP contribution in [0.1, 0.15) is 46.0 Å². The maximum absolute atomic E-state index is 3.66. The van der Waals surface area contributed by atoms with Crippen molar-refractivity contribution in [3.8, 4) is 0 Å². The lowest BCUT2D eigenvalue weighted by molar-refractivity contribution is 0.176. The molecule has 3 atom stereocenters. The summed E-state index contributed by atoms with van der Waals surface area (Å²) in [6.07, 6.45) is 6.98. The van der Waals surface area contributed by atoms with Crippen LogP contribution < -0.4 is 5.32 Å². The van der Waals surface area contributed by atoms with E-state index in [0.717, 1.165) is 18.0 Å². The fourth-order valence-corrected chi connectivity index (χ4v) is 3.30. The van der Waals surface area contributed by atoms with Gasteiger partial charge in [-0.2, -0.15) is 0 Å². The van der Waals surface area contributed by atoms with Gasteiger partial charge in [0, 0.05) is 25.2 Å². The Morgan fingerprint density at radius 1 is 1.20 bits per heavy atom. The average Bonchev–Trinajstić information content (AvgIpc) is 2.54. The molecule has 0 spiro atoms. The SMILES string of the molecule is CCC1CCN(C2CCCC2C)CCN1. The fourth-order valence-electron chi connectivity index (χ4n) is 3.30. The summed E-state index contributed by atoms with van der Waals surface area (Å²) in [7, 11) is 0. The summed E-state index contributed by atoms with van der Waals surface area (Å²) in [4.78, 5) is 2.75. The standard InChI is InChI=1S/C13H26N2/c1-3-12-7-9-15(10-8-14-12)13-6-4-5-11(13)2/h11-14H,3-10H2,1-2H3. The molecule has 2 fully saturated rings. The van der Waals surface area contributed by atoms with Crippen LogP contribution in [0.5, 0.6) is 0 Å². The highest BCUT2D eigenvalue weighted by Gasteiger charge is 2.29. The van der Waals surface area contributed by atoms with E-state index in [2.05, 4.69) is 24.1 Å². The molecule has 0 aromatic heterocycles. The fraction of sp³-hybridized carbons (Fsp3) is 1.00. The molecule has 15 heavy (non-hydrogen) atoms. The van der Waals surface area contributed by atoms with Gasteiger partial charge in [-0.25, -0.2) is 0 Å². The highest BCUT2D eigenvalue weighted by molar-refractivity contribution is 4.85. The zero-order valence-electron chi connectivity index (χ0n) is 10.3. The molecule has 2 aliphatic rings. The third kappa shape index (κ3) is 2.73. The Balaban J connectivity index is 1.87. The second-order valence-corrected chi connectivity index (χ2v) is 5.36. The van der Waals surface area contributed by atoms with Gasteiger partial charge in [0.1, 0.15) is 0 Å². The maximum Gasteiger partial charge on any atom is 0.0121 e. The molecule has 88 valence electrons. The second kappa shape index (κ2) is 5.31. The number of nitrogens with zero attached hydrogens (tertiary/aromatic N) is 1. The van der Waals surface area contributed by atoms with Gasteiger partial charge in [0.2, 0.25) is 0 Å². The molecule has 2 heteroatoms. The van der Waals surface area contributed by atoms with Crippen LogP contribution in [-0.2, 0) is 0 Å². The van der Waals surface area contributed by atoms with E-state index in [1.807, 2.05) is 0 Å². The molecule has 2 nitrogen and oxygen atoms in total. The number of rotatable bonds is 2. The first kappa shape index (κ1) is 11.4. The second-order valence-electron chi connectivity index (χ2n) is 5.36. The Morgan fingerprint density at radius 2 is 2.07 bits per heavy atom. The molecular weight excluding hydrogens is 184 g/mol. The van der Waals surface area contributed by atoms with E-state index in [0.29, 0.717) is 0 Å². The molecule has 0 amide bonds. The highest BCUT2D eigenvalue weighted by Crippen LogP contribution is 2.29. The molecule has 0 bridgehead atoms. The summed E-state index contributed by atoms with van der Waals surface area (Å²) < 4.78 is 0. The lowest BCUT2D eigenvalue weighted by Crippen LogP contribution is -2.39. The van der Waals surface area contributed by atoms with E-state index in [4.69, 9.17) is 0 Å². The third-order valence-electron chi connectivity index (χ3n) is 4.37. The Labute approximate surface area is 94.4 Å². The number of hydrogen-bond donors (Lipinski definition) is 1. The lowest BCUT2D eigenvalue weighted by Gasteiger charge is -2.30. The number of nitrogens with one attached hydrogen (secondary N) is 1. The van der Waals surface area contributed by atoms with E-state index in [1.54, 1.807) is 0 Å². The maximum atomic E-state index is 3.66. The summed E-state index contributed by atoms with van der Waals surface area (Å²) in [5.74, 6) is 0.933. The van der Waals surface area contributed by atoms with Crippen molar-refractivity contribution < 1.29 is 0 Å². The Bertz CT molecular complexity index is 193. The van der Waals surface area contributed by atoms with Crippen molar-refractivity contribution in [2.45, 2.75) is 58.0 Å². The van der Waals surface area contributed by atoms with Crippen LogP contribution in [0.25, 0.3) is 0 Å². The van der Waals surface area contributed by atoms with Gasteiger partial charge in [-0.05, 0) is 38.1 Å². The van der Waals surface area contributed by atoms with E-state index >= 15 is 0 Å². The molecule has 1 aliphatic heterocycles. The first-order valence-electron chi connectivity index (χ1n) is 6.78. The third-order valence-corrected chi connectivity index (χ3v) is 4.37. The minimum atomic E-state index is 0.770. The summed E-state index contributed by atoms with van der Waals surface area (Å²) >= 11 is 0. The molecular formula is C13H26N2. The molecule has 1 saturated carbocycles. The van der Waals surface area contributed by atoms with Crippen LogP contribution in [0, 0.1) is 5.92 Å². The van der Waals surface area contributed by atoms with Gasteiger partial charge in [-0.3, -0.25) is 4.90 Å². The predicted octanol–water partition coefficient (Wildman–Crippen LogP) is 2.25. The molecule has 0 aromatic carbocycles. The van der Waals surface area contributed by atoms with Crippen molar-refractivity contribution in [3.05, 3.63) is 0 Å².